The molecule has 6 nitrogen and oxygen atoms in total. The Balaban J connectivity index is 1.86. The molecule has 3 rings (SSSR count). The van der Waals surface area contributed by atoms with Gasteiger partial charge in [-0.05, 0) is 54.3 Å². The van der Waals surface area contributed by atoms with Gasteiger partial charge in [0.2, 0.25) is 0 Å². The van der Waals surface area contributed by atoms with E-state index in [4.69, 9.17) is 15.9 Å². The standard InChI is InChI=1S/C22H19NO5/c1-3-10-28-20-12-14-8-9-15(11-16(14)13-19(20)27-2)21(24)23-18-7-5-4-6-17(18)22(25)26/h1,4-7,11-13H,8-10H2,2H3,(H,23,24)(H,25,26). The van der Waals surface area contributed by atoms with Crippen LogP contribution in [0, 0.1) is 12.3 Å². The second kappa shape index (κ2) is 8.31. The van der Waals surface area contributed by atoms with Crippen molar-refractivity contribution in [2.24, 2.45) is 0 Å². The van der Waals surface area contributed by atoms with Crippen LogP contribution in [0.25, 0.3) is 6.08 Å². The topological polar surface area (TPSA) is 84.9 Å². The number of carbonyl (C=O) groups is 2. The maximum Gasteiger partial charge on any atom is 0.337 e. The van der Waals surface area contributed by atoms with Gasteiger partial charge in [-0.3, -0.25) is 4.79 Å². The maximum atomic E-state index is 12.7. The van der Waals surface area contributed by atoms with Crippen molar-refractivity contribution in [3.63, 3.8) is 0 Å². The Labute approximate surface area is 162 Å². The molecule has 0 aliphatic heterocycles. The number of hydrogen-bond donors (Lipinski definition) is 2. The number of anilines is 1. The van der Waals surface area contributed by atoms with Gasteiger partial charge in [0.05, 0.1) is 18.4 Å². The average Bonchev–Trinajstić information content (AvgIpc) is 2.71. The smallest absolute Gasteiger partial charge is 0.337 e. The van der Waals surface area contributed by atoms with Crippen LogP contribution in [-0.4, -0.2) is 30.7 Å². The Hall–Kier alpha value is -3.72. The maximum absolute atomic E-state index is 12.7. The predicted octanol–water partition coefficient (Wildman–Crippen LogP) is 3.37. The summed E-state index contributed by atoms with van der Waals surface area (Å²) in [5, 5.41) is 12.0. The minimum absolute atomic E-state index is 0.0460. The van der Waals surface area contributed by atoms with E-state index in [2.05, 4.69) is 11.2 Å². The lowest BCUT2D eigenvalue weighted by molar-refractivity contribution is -0.112. The molecule has 1 amide bonds. The van der Waals surface area contributed by atoms with Gasteiger partial charge in [0, 0.05) is 5.57 Å². The number of para-hydroxylation sites is 1. The van der Waals surface area contributed by atoms with Crippen LogP contribution in [-0.2, 0) is 11.2 Å². The minimum Gasteiger partial charge on any atom is -0.493 e. The second-order valence-electron chi connectivity index (χ2n) is 6.17. The molecule has 0 radical (unpaired) electrons. The molecule has 1 aliphatic rings. The van der Waals surface area contributed by atoms with E-state index in [1.54, 1.807) is 30.3 Å². The van der Waals surface area contributed by atoms with Gasteiger partial charge in [0.25, 0.3) is 5.91 Å². The number of methoxy groups -OCH3 is 1. The van der Waals surface area contributed by atoms with Gasteiger partial charge in [-0.15, -0.1) is 6.42 Å². The van der Waals surface area contributed by atoms with Crippen LogP contribution in [0.5, 0.6) is 11.5 Å². The van der Waals surface area contributed by atoms with Crippen LogP contribution >= 0.6 is 0 Å². The summed E-state index contributed by atoms with van der Waals surface area (Å²) in [7, 11) is 1.54. The van der Waals surface area contributed by atoms with Gasteiger partial charge in [-0.1, -0.05) is 18.1 Å². The van der Waals surface area contributed by atoms with Crippen LogP contribution in [0.15, 0.2) is 42.0 Å². The van der Waals surface area contributed by atoms with Gasteiger partial charge in [0.15, 0.2) is 11.5 Å². The molecular weight excluding hydrogens is 358 g/mol. The van der Waals surface area contributed by atoms with Gasteiger partial charge in [-0.2, -0.15) is 0 Å². The number of aryl methyl sites for hydroxylation is 1. The molecule has 0 saturated heterocycles. The molecule has 2 aromatic carbocycles. The highest BCUT2D eigenvalue weighted by molar-refractivity contribution is 6.09. The third kappa shape index (κ3) is 3.99. The van der Waals surface area contributed by atoms with Crippen LogP contribution < -0.4 is 14.8 Å². The van der Waals surface area contributed by atoms with E-state index in [-0.39, 0.29) is 23.8 Å². The van der Waals surface area contributed by atoms with Crippen molar-refractivity contribution < 1.29 is 24.2 Å². The van der Waals surface area contributed by atoms with Crippen molar-refractivity contribution >= 4 is 23.6 Å². The van der Waals surface area contributed by atoms with Crippen molar-refractivity contribution in [1.29, 1.82) is 0 Å². The monoisotopic (exact) mass is 377 g/mol. The molecule has 0 heterocycles. The van der Waals surface area contributed by atoms with Crippen LogP contribution in [0.2, 0.25) is 0 Å². The summed E-state index contributed by atoms with van der Waals surface area (Å²) in [5.74, 6) is 2.09. The summed E-state index contributed by atoms with van der Waals surface area (Å²) >= 11 is 0. The molecule has 0 atom stereocenters. The molecule has 0 aromatic heterocycles. The van der Waals surface area contributed by atoms with Gasteiger partial charge in [-0.25, -0.2) is 4.79 Å². The molecule has 6 heteroatoms. The number of fused-ring (bicyclic) bond motifs is 1. The van der Waals surface area contributed by atoms with Crippen molar-refractivity contribution in [2.45, 2.75) is 12.8 Å². The first-order valence-electron chi connectivity index (χ1n) is 8.65. The third-order valence-corrected chi connectivity index (χ3v) is 4.43. The largest absolute Gasteiger partial charge is 0.493 e. The highest BCUT2D eigenvalue weighted by Crippen LogP contribution is 2.35. The first kappa shape index (κ1) is 19.1. The average molecular weight is 377 g/mol. The van der Waals surface area contributed by atoms with Crippen molar-refractivity contribution in [3.8, 4) is 23.8 Å². The SMILES string of the molecule is C#CCOc1cc2c(cc1OC)C=C(C(=O)Nc1ccccc1C(=O)O)CC2. The van der Waals surface area contributed by atoms with Crippen LogP contribution in [0.4, 0.5) is 5.69 Å². The fourth-order valence-corrected chi connectivity index (χ4v) is 3.05. The van der Waals surface area contributed by atoms with E-state index in [0.29, 0.717) is 29.9 Å². The zero-order valence-corrected chi connectivity index (χ0v) is 15.3. The number of terminal acetylenes is 1. The summed E-state index contributed by atoms with van der Waals surface area (Å²) in [6.07, 6.45) is 8.19. The van der Waals surface area contributed by atoms with Gasteiger partial charge < -0.3 is 19.9 Å². The first-order chi connectivity index (χ1) is 13.5. The predicted molar refractivity (Wildman–Crippen MR) is 106 cm³/mol. The summed E-state index contributed by atoms with van der Waals surface area (Å²) < 4.78 is 10.9. The molecule has 0 fully saturated rings. The number of benzene rings is 2. The summed E-state index contributed by atoms with van der Waals surface area (Å²) in [5.41, 5.74) is 2.75. The number of aromatic carboxylic acids is 1. The molecule has 28 heavy (non-hydrogen) atoms. The number of nitrogens with one attached hydrogen (secondary N) is 1. The number of carbonyl (C=O) groups excluding carboxylic acids is 1. The van der Waals surface area contributed by atoms with Crippen molar-refractivity contribution in [1.82, 2.24) is 0 Å². The van der Waals surface area contributed by atoms with Crippen LogP contribution in [0.3, 0.4) is 0 Å². The molecule has 2 aromatic rings. The fourth-order valence-electron chi connectivity index (χ4n) is 3.05. The third-order valence-electron chi connectivity index (χ3n) is 4.43. The van der Waals surface area contributed by atoms with E-state index < -0.39 is 5.97 Å². The second-order valence-corrected chi connectivity index (χ2v) is 6.17. The molecular formula is C22H19NO5. The molecule has 2 N–H and O–H groups in total. The molecule has 0 unspecified atom stereocenters. The van der Waals surface area contributed by atoms with Crippen molar-refractivity contribution in [3.05, 3.63) is 58.7 Å². The molecule has 142 valence electrons. The Bertz CT molecular complexity index is 1000. The zero-order chi connectivity index (χ0) is 20.1. The lowest BCUT2D eigenvalue weighted by atomic mass is 9.91. The number of rotatable bonds is 6. The first-order valence-corrected chi connectivity index (χ1v) is 8.65. The molecule has 0 bridgehead atoms. The molecule has 0 spiro atoms. The fraction of sp³-hybridized carbons (Fsp3) is 0.182. The number of amides is 1. The minimum atomic E-state index is -1.09. The highest BCUT2D eigenvalue weighted by Gasteiger charge is 2.20. The number of carboxylic acids is 1. The number of ether oxygens (including phenoxy) is 2. The molecule has 1 aliphatic carbocycles. The van der Waals surface area contributed by atoms with Crippen LogP contribution in [0.1, 0.15) is 27.9 Å². The van der Waals surface area contributed by atoms with E-state index in [0.717, 1.165) is 11.1 Å². The quantitative estimate of drug-likeness (QED) is 0.754. The van der Waals surface area contributed by atoms with Gasteiger partial charge in [0.1, 0.15) is 6.61 Å². The van der Waals surface area contributed by atoms with E-state index in [1.807, 2.05) is 6.07 Å². The highest BCUT2D eigenvalue weighted by atomic mass is 16.5. The lowest BCUT2D eigenvalue weighted by Gasteiger charge is -2.19. The Morgan fingerprint density at radius 2 is 2.00 bits per heavy atom. The normalized spacial score (nSPS) is 12.2. The number of carboxylic acid groups (broad SMARTS) is 1. The van der Waals surface area contributed by atoms with E-state index in [9.17, 15) is 14.7 Å². The van der Waals surface area contributed by atoms with E-state index in [1.165, 1.54) is 13.2 Å². The molecule has 0 saturated carbocycles. The van der Waals surface area contributed by atoms with E-state index >= 15 is 0 Å². The lowest BCUT2D eigenvalue weighted by Crippen LogP contribution is -2.18. The summed E-state index contributed by atoms with van der Waals surface area (Å²) in [6.45, 7) is 0.141. The number of hydrogen-bond acceptors (Lipinski definition) is 4. The summed E-state index contributed by atoms with van der Waals surface area (Å²) in [6, 6.07) is 9.98. The van der Waals surface area contributed by atoms with Crippen molar-refractivity contribution in [2.75, 3.05) is 19.0 Å². The summed E-state index contributed by atoms with van der Waals surface area (Å²) in [4.78, 5) is 24.0. The Kier molecular flexibility index (Phi) is 5.66. The Morgan fingerprint density at radius 3 is 2.71 bits per heavy atom. The zero-order valence-electron chi connectivity index (χ0n) is 15.3. The Morgan fingerprint density at radius 1 is 1.21 bits per heavy atom. The van der Waals surface area contributed by atoms with Gasteiger partial charge >= 0.3 is 5.97 Å².